The first-order valence-electron chi connectivity index (χ1n) is 4.72. The van der Waals surface area contributed by atoms with Crippen LogP contribution in [0.25, 0.3) is 0 Å². The van der Waals surface area contributed by atoms with Crippen molar-refractivity contribution in [1.29, 1.82) is 0 Å². The van der Waals surface area contributed by atoms with E-state index in [4.69, 9.17) is 0 Å². The van der Waals surface area contributed by atoms with Crippen molar-refractivity contribution in [2.45, 2.75) is 6.54 Å². The third kappa shape index (κ3) is 2.59. The van der Waals surface area contributed by atoms with Gasteiger partial charge in [0.1, 0.15) is 0 Å². The topological polar surface area (TPSA) is 29.9 Å². The summed E-state index contributed by atoms with van der Waals surface area (Å²) >= 11 is 3.44. The number of nitrogens with zero attached hydrogens (tertiary/aromatic N) is 2. The minimum absolute atomic E-state index is 0.785. The first kappa shape index (κ1) is 10.2. The Hall–Kier alpha value is -1.29. The van der Waals surface area contributed by atoms with Crippen LogP contribution in [0, 0.1) is 0 Å². The zero-order chi connectivity index (χ0) is 10.7. The van der Waals surface area contributed by atoms with E-state index in [0.29, 0.717) is 0 Å². The zero-order valence-corrected chi connectivity index (χ0v) is 10.0. The standard InChI is InChI=1S/C11H12BrN3/c1-15-11(5-6-14-15)8-13-10-4-2-3-9(12)7-10/h2-7,13H,8H2,1H3. The third-order valence-electron chi connectivity index (χ3n) is 2.22. The molecule has 0 radical (unpaired) electrons. The van der Waals surface area contributed by atoms with Gasteiger partial charge in [0, 0.05) is 23.4 Å². The van der Waals surface area contributed by atoms with Crippen molar-refractivity contribution in [2.75, 3.05) is 5.32 Å². The van der Waals surface area contributed by atoms with Crippen LogP contribution in [0.15, 0.2) is 41.0 Å². The van der Waals surface area contributed by atoms with Gasteiger partial charge >= 0.3 is 0 Å². The summed E-state index contributed by atoms with van der Waals surface area (Å²) in [4.78, 5) is 0. The number of benzene rings is 1. The summed E-state index contributed by atoms with van der Waals surface area (Å²) in [7, 11) is 1.94. The van der Waals surface area contributed by atoms with Crippen LogP contribution in [0.5, 0.6) is 0 Å². The Morgan fingerprint density at radius 1 is 1.40 bits per heavy atom. The second kappa shape index (κ2) is 4.49. The Bertz CT molecular complexity index is 451. The predicted molar refractivity (Wildman–Crippen MR) is 64.7 cm³/mol. The molecular weight excluding hydrogens is 254 g/mol. The predicted octanol–water partition coefficient (Wildman–Crippen LogP) is 2.79. The van der Waals surface area contributed by atoms with E-state index in [1.165, 1.54) is 0 Å². The molecule has 1 N–H and O–H groups in total. The minimum Gasteiger partial charge on any atom is -0.379 e. The lowest BCUT2D eigenvalue weighted by Crippen LogP contribution is -2.05. The minimum atomic E-state index is 0.785. The maximum Gasteiger partial charge on any atom is 0.0571 e. The van der Waals surface area contributed by atoms with E-state index in [-0.39, 0.29) is 0 Å². The van der Waals surface area contributed by atoms with Gasteiger partial charge < -0.3 is 5.32 Å². The molecule has 4 heteroatoms. The van der Waals surface area contributed by atoms with E-state index in [0.717, 1.165) is 22.4 Å². The van der Waals surface area contributed by atoms with Gasteiger partial charge in [0.2, 0.25) is 0 Å². The Labute approximate surface area is 97.2 Å². The van der Waals surface area contributed by atoms with Crippen molar-refractivity contribution < 1.29 is 0 Å². The number of rotatable bonds is 3. The summed E-state index contributed by atoms with van der Waals surface area (Å²) < 4.78 is 2.95. The molecule has 1 aromatic heterocycles. The Kier molecular flexibility index (Phi) is 3.06. The Balaban J connectivity index is 2.02. The molecule has 3 nitrogen and oxygen atoms in total. The molecule has 78 valence electrons. The van der Waals surface area contributed by atoms with Crippen LogP contribution in [0.3, 0.4) is 0 Å². The van der Waals surface area contributed by atoms with Crippen molar-refractivity contribution >= 4 is 21.6 Å². The van der Waals surface area contributed by atoms with E-state index >= 15 is 0 Å². The first-order chi connectivity index (χ1) is 7.25. The highest BCUT2D eigenvalue weighted by Gasteiger charge is 1.98. The fourth-order valence-corrected chi connectivity index (χ4v) is 1.77. The van der Waals surface area contributed by atoms with Crippen LogP contribution in [-0.4, -0.2) is 9.78 Å². The molecule has 1 aromatic carbocycles. The van der Waals surface area contributed by atoms with Crippen molar-refractivity contribution in [3.8, 4) is 0 Å². The smallest absolute Gasteiger partial charge is 0.0571 e. The van der Waals surface area contributed by atoms with E-state index in [1.54, 1.807) is 6.20 Å². The molecule has 0 saturated carbocycles. The van der Waals surface area contributed by atoms with Gasteiger partial charge in [0.05, 0.1) is 12.2 Å². The van der Waals surface area contributed by atoms with Crippen molar-refractivity contribution in [3.63, 3.8) is 0 Å². The van der Waals surface area contributed by atoms with Gasteiger partial charge in [0.25, 0.3) is 0 Å². The number of aryl methyl sites for hydroxylation is 1. The highest BCUT2D eigenvalue weighted by molar-refractivity contribution is 9.10. The highest BCUT2D eigenvalue weighted by Crippen LogP contribution is 2.16. The maximum absolute atomic E-state index is 4.11. The molecule has 0 fully saturated rings. The molecule has 0 aliphatic heterocycles. The summed E-state index contributed by atoms with van der Waals surface area (Å²) in [6.07, 6.45) is 1.80. The van der Waals surface area contributed by atoms with E-state index in [9.17, 15) is 0 Å². The van der Waals surface area contributed by atoms with Crippen LogP contribution in [-0.2, 0) is 13.6 Å². The number of halogens is 1. The number of hydrogen-bond donors (Lipinski definition) is 1. The summed E-state index contributed by atoms with van der Waals surface area (Å²) in [6, 6.07) is 10.1. The lowest BCUT2D eigenvalue weighted by molar-refractivity contribution is 0.720. The molecule has 0 aliphatic carbocycles. The Morgan fingerprint density at radius 2 is 2.27 bits per heavy atom. The fourth-order valence-electron chi connectivity index (χ4n) is 1.37. The number of nitrogens with one attached hydrogen (secondary N) is 1. The van der Waals surface area contributed by atoms with Crippen LogP contribution >= 0.6 is 15.9 Å². The van der Waals surface area contributed by atoms with Crippen molar-refractivity contribution in [1.82, 2.24) is 9.78 Å². The lowest BCUT2D eigenvalue weighted by atomic mass is 10.3. The quantitative estimate of drug-likeness (QED) is 0.925. The molecule has 0 saturated heterocycles. The molecule has 2 rings (SSSR count). The van der Waals surface area contributed by atoms with Crippen molar-refractivity contribution in [2.24, 2.45) is 7.05 Å². The molecule has 0 bridgehead atoms. The summed E-state index contributed by atoms with van der Waals surface area (Å²) in [6.45, 7) is 0.785. The van der Waals surface area contributed by atoms with Crippen LogP contribution in [0.2, 0.25) is 0 Å². The summed E-state index contributed by atoms with van der Waals surface area (Å²) in [5.74, 6) is 0. The highest BCUT2D eigenvalue weighted by atomic mass is 79.9. The monoisotopic (exact) mass is 265 g/mol. The molecule has 2 aromatic rings. The Morgan fingerprint density at radius 3 is 2.93 bits per heavy atom. The van der Waals surface area contributed by atoms with Gasteiger partial charge in [-0.3, -0.25) is 4.68 Å². The number of aromatic nitrogens is 2. The molecular formula is C11H12BrN3. The summed E-state index contributed by atoms with van der Waals surface area (Å²) in [5.41, 5.74) is 2.26. The van der Waals surface area contributed by atoms with Crippen molar-refractivity contribution in [3.05, 3.63) is 46.7 Å². The third-order valence-corrected chi connectivity index (χ3v) is 2.71. The second-order valence-electron chi connectivity index (χ2n) is 3.31. The average Bonchev–Trinajstić information content (AvgIpc) is 2.61. The lowest BCUT2D eigenvalue weighted by Gasteiger charge is -2.06. The second-order valence-corrected chi connectivity index (χ2v) is 4.23. The average molecular weight is 266 g/mol. The molecule has 1 heterocycles. The van der Waals surface area contributed by atoms with Crippen LogP contribution in [0.4, 0.5) is 5.69 Å². The van der Waals surface area contributed by atoms with E-state index in [1.807, 2.05) is 36.0 Å². The fraction of sp³-hybridized carbons (Fsp3) is 0.182. The van der Waals surface area contributed by atoms with E-state index in [2.05, 4.69) is 32.4 Å². The molecule has 0 spiro atoms. The maximum atomic E-state index is 4.11. The van der Waals surface area contributed by atoms with Gasteiger partial charge in [-0.05, 0) is 24.3 Å². The largest absolute Gasteiger partial charge is 0.379 e. The van der Waals surface area contributed by atoms with E-state index < -0.39 is 0 Å². The van der Waals surface area contributed by atoms with Crippen LogP contribution in [0.1, 0.15) is 5.69 Å². The SMILES string of the molecule is Cn1nccc1CNc1cccc(Br)c1. The molecule has 0 unspecified atom stereocenters. The molecule has 0 atom stereocenters. The van der Waals surface area contributed by atoms with Gasteiger partial charge in [0.15, 0.2) is 0 Å². The normalized spacial score (nSPS) is 10.3. The summed E-state index contributed by atoms with van der Waals surface area (Å²) in [5, 5.41) is 7.45. The molecule has 0 amide bonds. The zero-order valence-electron chi connectivity index (χ0n) is 8.44. The molecule has 0 aliphatic rings. The van der Waals surface area contributed by atoms with Gasteiger partial charge in [-0.1, -0.05) is 22.0 Å². The number of anilines is 1. The van der Waals surface area contributed by atoms with Gasteiger partial charge in [-0.25, -0.2) is 0 Å². The van der Waals surface area contributed by atoms with Gasteiger partial charge in [-0.2, -0.15) is 5.10 Å². The molecule has 15 heavy (non-hydrogen) atoms. The van der Waals surface area contributed by atoms with Crippen LogP contribution < -0.4 is 5.32 Å². The van der Waals surface area contributed by atoms with Gasteiger partial charge in [-0.15, -0.1) is 0 Å². The number of hydrogen-bond acceptors (Lipinski definition) is 2. The first-order valence-corrected chi connectivity index (χ1v) is 5.51.